The zero-order valence-corrected chi connectivity index (χ0v) is 14.1. The molecule has 0 saturated carbocycles. The summed E-state index contributed by atoms with van der Waals surface area (Å²) in [5.41, 5.74) is 3.71. The molecule has 1 aliphatic rings. The summed E-state index contributed by atoms with van der Waals surface area (Å²) in [6.07, 6.45) is 1.22. The molecule has 0 fully saturated rings. The molecule has 0 unspecified atom stereocenters. The maximum atomic E-state index is 11.9. The molecule has 0 radical (unpaired) electrons. The van der Waals surface area contributed by atoms with E-state index in [0.29, 0.717) is 13.0 Å². The normalized spacial score (nSPS) is 19.4. The smallest absolute Gasteiger partial charge is 0.307 e. The summed E-state index contributed by atoms with van der Waals surface area (Å²) in [7, 11) is 1.67. The predicted octanol–water partition coefficient (Wildman–Crippen LogP) is 3.25. The molecule has 24 heavy (non-hydrogen) atoms. The highest BCUT2D eigenvalue weighted by Crippen LogP contribution is 2.32. The molecule has 1 heterocycles. The molecule has 0 amide bonds. The molecule has 4 heteroatoms. The fraction of sp³-hybridized carbons (Fsp3) is 0.350. The lowest BCUT2D eigenvalue weighted by atomic mass is 9.86. The topological polar surface area (TPSA) is 47.6 Å². The molecule has 0 saturated heterocycles. The quantitative estimate of drug-likeness (QED) is 0.857. The van der Waals surface area contributed by atoms with Gasteiger partial charge in [-0.2, -0.15) is 0 Å². The second kappa shape index (κ2) is 7.49. The van der Waals surface area contributed by atoms with Crippen LogP contribution in [0, 0.1) is 0 Å². The van der Waals surface area contributed by atoms with E-state index in [0.717, 1.165) is 17.7 Å². The van der Waals surface area contributed by atoms with E-state index in [9.17, 15) is 4.79 Å². The van der Waals surface area contributed by atoms with Gasteiger partial charge in [-0.05, 0) is 42.2 Å². The Morgan fingerprint density at radius 2 is 1.92 bits per heavy atom. The van der Waals surface area contributed by atoms with Crippen LogP contribution in [0.4, 0.5) is 0 Å². The zero-order chi connectivity index (χ0) is 16.9. The van der Waals surface area contributed by atoms with Gasteiger partial charge in [-0.1, -0.05) is 36.4 Å². The third kappa shape index (κ3) is 3.60. The minimum atomic E-state index is -0.150. The van der Waals surface area contributed by atoms with Gasteiger partial charge < -0.3 is 14.8 Å². The molecule has 4 nitrogen and oxygen atoms in total. The van der Waals surface area contributed by atoms with E-state index in [1.807, 2.05) is 19.1 Å². The molecule has 0 bridgehead atoms. The van der Waals surface area contributed by atoms with Crippen molar-refractivity contribution in [3.8, 4) is 5.75 Å². The van der Waals surface area contributed by atoms with Crippen LogP contribution in [-0.2, 0) is 16.0 Å². The molecule has 2 aromatic rings. The van der Waals surface area contributed by atoms with Crippen molar-refractivity contribution in [2.75, 3.05) is 13.7 Å². The van der Waals surface area contributed by atoms with Crippen molar-refractivity contribution in [1.29, 1.82) is 0 Å². The first kappa shape index (κ1) is 16.5. The van der Waals surface area contributed by atoms with E-state index in [1.165, 1.54) is 11.1 Å². The number of hydrogen-bond acceptors (Lipinski definition) is 4. The molecule has 0 aromatic heterocycles. The molecule has 0 aliphatic carbocycles. The van der Waals surface area contributed by atoms with Crippen LogP contribution in [-0.4, -0.2) is 25.7 Å². The second-order valence-electron chi connectivity index (χ2n) is 5.98. The Bertz CT molecular complexity index is 696. The molecule has 1 aliphatic heterocycles. The van der Waals surface area contributed by atoms with E-state index in [4.69, 9.17) is 9.47 Å². The van der Waals surface area contributed by atoms with Gasteiger partial charge in [0.2, 0.25) is 0 Å². The maximum absolute atomic E-state index is 11.9. The number of benzene rings is 2. The van der Waals surface area contributed by atoms with Gasteiger partial charge in [0.1, 0.15) is 5.75 Å². The van der Waals surface area contributed by atoms with Gasteiger partial charge in [0, 0.05) is 6.04 Å². The van der Waals surface area contributed by atoms with Gasteiger partial charge in [-0.3, -0.25) is 4.79 Å². The molecule has 1 N–H and O–H groups in total. The number of hydrogen-bond donors (Lipinski definition) is 1. The fourth-order valence-corrected chi connectivity index (χ4v) is 3.28. The lowest BCUT2D eigenvalue weighted by Gasteiger charge is -2.33. The van der Waals surface area contributed by atoms with E-state index in [-0.39, 0.29) is 18.1 Å². The fourth-order valence-electron chi connectivity index (χ4n) is 3.28. The van der Waals surface area contributed by atoms with Crippen molar-refractivity contribution in [3.63, 3.8) is 0 Å². The van der Waals surface area contributed by atoms with Gasteiger partial charge >= 0.3 is 5.97 Å². The molecular formula is C20H23NO3. The molecule has 126 valence electrons. The van der Waals surface area contributed by atoms with E-state index in [1.54, 1.807) is 7.11 Å². The van der Waals surface area contributed by atoms with Crippen LogP contribution in [0.2, 0.25) is 0 Å². The Hall–Kier alpha value is -2.33. The van der Waals surface area contributed by atoms with Crippen molar-refractivity contribution in [2.45, 2.75) is 31.8 Å². The SMILES string of the molecule is CCOC(=O)C[C@H]1Cc2ccccc2[C@@H](c2ccc(OC)cc2)N1. The van der Waals surface area contributed by atoms with E-state index >= 15 is 0 Å². The van der Waals surface area contributed by atoms with Crippen molar-refractivity contribution >= 4 is 5.97 Å². The monoisotopic (exact) mass is 325 g/mol. The summed E-state index contributed by atoms with van der Waals surface area (Å²) in [5.74, 6) is 0.689. The summed E-state index contributed by atoms with van der Waals surface area (Å²) in [4.78, 5) is 11.9. The summed E-state index contributed by atoms with van der Waals surface area (Å²) >= 11 is 0. The largest absolute Gasteiger partial charge is 0.497 e. The Morgan fingerprint density at radius 1 is 1.17 bits per heavy atom. The third-order valence-electron chi connectivity index (χ3n) is 4.40. The number of carbonyl (C=O) groups excluding carboxylic acids is 1. The second-order valence-corrected chi connectivity index (χ2v) is 5.98. The number of methoxy groups -OCH3 is 1. The number of rotatable bonds is 5. The van der Waals surface area contributed by atoms with Crippen molar-refractivity contribution < 1.29 is 14.3 Å². The molecule has 3 rings (SSSR count). The molecule has 0 spiro atoms. The van der Waals surface area contributed by atoms with Crippen LogP contribution in [0.25, 0.3) is 0 Å². The Morgan fingerprint density at radius 3 is 2.62 bits per heavy atom. The standard InChI is InChI=1S/C20H23NO3/c1-3-24-19(22)13-16-12-15-6-4-5-7-18(15)20(21-16)14-8-10-17(23-2)11-9-14/h4-11,16,20-21H,3,12-13H2,1-2H3/t16-,20-/m1/s1. The first-order chi connectivity index (χ1) is 11.7. The van der Waals surface area contributed by atoms with Crippen molar-refractivity contribution in [3.05, 3.63) is 65.2 Å². The minimum Gasteiger partial charge on any atom is -0.497 e. The maximum Gasteiger partial charge on any atom is 0.307 e. The highest BCUT2D eigenvalue weighted by Gasteiger charge is 2.28. The Labute approximate surface area is 142 Å². The highest BCUT2D eigenvalue weighted by molar-refractivity contribution is 5.70. The first-order valence-corrected chi connectivity index (χ1v) is 8.34. The predicted molar refractivity (Wildman–Crippen MR) is 93.2 cm³/mol. The van der Waals surface area contributed by atoms with Crippen LogP contribution in [0.15, 0.2) is 48.5 Å². The molecule has 2 aromatic carbocycles. The number of carbonyl (C=O) groups is 1. The van der Waals surface area contributed by atoms with Crippen LogP contribution >= 0.6 is 0 Å². The average Bonchev–Trinajstić information content (AvgIpc) is 2.61. The molecular weight excluding hydrogens is 302 g/mol. The summed E-state index contributed by atoms with van der Waals surface area (Å²) in [6.45, 7) is 2.26. The van der Waals surface area contributed by atoms with E-state index in [2.05, 4.69) is 41.7 Å². The highest BCUT2D eigenvalue weighted by atomic mass is 16.5. The van der Waals surface area contributed by atoms with Crippen molar-refractivity contribution in [1.82, 2.24) is 5.32 Å². The Kier molecular flexibility index (Phi) is 5.16. The van der Waals surface area contributed by atoms with Gasteiger partial charge in [-0.25, -0.2) is 0 Å². The van der Waals surface area contributed by atoms with Crippen molar-refractivity contribution in [2.24, 2.45) is 0 Å². The van der Waals surface area contributed by atoms with Crippen LogP contribution in [0.5, 0.6) is 5.75 Å². The average molecular weight is 325 g/mol. The Balaban J connectivity index is 1.87. The lowest BCUT2D eigenvalue weighted by Crippen LogP contribution is -2.41. The summed E-state index contributed by atoms with van der Waals surface area (Å²) in [6, 6.07) is 16.6. The zero-order valence-electron chi connectivity index (χ0n) is 14.1. The number of ether oxygens (including phenoxy) is 2. The van der Waals surface area contributed by atoms with Gasteiger partial charge in [0.05, 0.1) is 26.2 Å². The third-order valence-corrected chi connectivity index (χ3v) is 4.40. The van der Waals surface area contributed by atoms with E-state index < -0.39 is 0 Å². The summed E-state index contributed by atoms with van der Waals surface area (Å²) in [5, 5.41) is 3.61. The number of nitrogens with one attached hydrogen (secondary N) is 1. The number of fused-ring (bicyclic) bond motifs is 1. The van der Waals surface area contributed by atoms with Crippen LogP contribution in [0.1, 0.15) is 36.1 Å². The van der Waals surface area contributed by atoms with Gasteiger partial charge in [0.25, 0.3) is 0 Å². The van der Waals surface area contributed by atoms with Gasteiger partial charge in [0.15, 0.2) is 0 Å². The van der Waals surface area contributed by atoms with Crippen LogP contribution < -0.4 is 10.1 Å². The van der Waals surface area contributed by atoms with Gasteiger partial charge in [-0.15, -0.1) is 0 Å². The molecule has 2 atom stereocenters. The summed E-state index contributed by atoms with van der Waals surface area (Å²) < 4.78 is 10.4. The number of esters is 1. The first-order valence-electron chi connectivity index (χ1n) is 8.34. The minimum absolute atomic E-state index is 0.0697. The lowest BCUT2D eigenvalue weighted by molar-refractivity contribution is -0.143. The van der Waals surface area contributed by atoms with Crippen LogP contribution in [0.3, 0.4) is 0 Å².